The van der Waals surface area contributed by atoms with Gasteiger partial charge in [-0.25, -0.2) is 9.78 Å². The van der Waals surface area contributed by atoms with Crippen molar-refractivity contribution in [1.82, 2.24) is 25.0 Å². The smallest absolute Gasteiger partial charge is 0.343 e. The van der Waals surface area contributed by atoms with Gasteiger partial charge in [0.05, 0.1) is 19.0 Å². The molecular formula is C19H21N7O4. The van der Waals surface area contributed by atoms with E-state index in [4.69, 9.17) is 10.5 Å². The molecule has 3 N–H and O–H groups in total. The molecule has 0 radical (unpaired) electrons. The van der Waals surface area contributed by atoms with Crippen molar-refractivity contribution in [2.75, 3.05) is 19.0 Å². The van der Waals surface area contributed by atoms with E-state index in [-0.39, 0.29) is 24.5 Å². The van der Waals surface area contributed by atoms with Gasteiger partial charge in [0.25, 0.3) is 0 Å². The first-order valence-corrected chi connectivity index (χ1v) is 9.48. The number of anilines is 1. The highest BCUT2D eigenvalue weighted by Gasteiger charge is 2.28. The van der Waals surface area contributed by atoms with Crippen LogP contribution in [0.5, 0.6) is 5.75 Å². The third-order valence-electron chi connectivity index (χ3n) is 5.03. The lowest BCUT2D eigenvalue weighted by atomic mass is 10.1. The topological polar surface area (TPSA) is 147 Å². The molecule has 0 unspecified atom stereocenters. The quantitative estimate of drug-likeness (QED) is 0.539. The van der Waals surface area contributed by atoms with Gasteiger partial charge < -0.3 is 20.5 Å². The van der Waals surface area contributed by atoms with Crippen LogP contribution in [0, 0.1) is 5.92 Å². The van der Waals surface area contributed by atoms with Crippen LogP contribution in [0.2, 0.25) is 0 Å². The minimum absolute atomic E-state index is 0.0931. The fraction of sp³-hybridized carbons (Fsp3) is 0.368. The summed E-state index contributed by atoms with van der Waals surface area (Å²) >= 11 is 0. The van der Waals surface area contributed by atoms with E-state index in [2.05, 4.69) is 30.3 Å². The molecule has 3 aromatic rings. The van der Waals surface area contributed by atoms with Gasteiger partial charge in [-0.15, -0.1) is 5.10 Å². The second-order valence-electron chi connectivity index (χ2n) is 7.02. The Morgan fingerprint density at radius 1 is 1.27 bits per heavy atom. The van der Waals surface area contributed by atoms with Gasteiger partial charge >= 0.3 is 5.97 Å². The number of rotatable bonds is 7. The van der Waals surface area contributed by atoms with Crippen molar-refractivity contribution in [3.05, 3.63) is 30.5 Å². The van der Waals surface area contributed by atoms with Crippen LogP contribution in [0.1, 0.15) is 19.3 Å². The standard InChI is InChI=1S/C19H21N7O4/c1-29-16(27)10-30-14-6-4-13(5-7-14)26-18-15(24-25-26)9-21-19(23-18)22-12-3-2-11(8-12)17(20)28/h4-7,9,11-12H,2-3,8,10H2,1H3,(H2,20,28)(H,21,22,23)/t11-,12-/m1/s1. The summed E-state index contributed by atoms with van der Waals surface area (Å²) in [4.78, 5) is 31.4. The minimum Gasteiger partial charge on any atom is -0.482 e. The summed E-state index contributed by atoms with van der Waals surface area (Å²) in [6.07, 6.45) is 3.86. The molecule has 11 nitrogen and oxygen atoms in total. The first kappa shape index (κ1) is 19.6. The van der Waals surface area contributed by atoms with Crippen LogP contribution in [0.4, 0.5) is 5.95 Å². The summed E-state index contributed by atoms with van der Waals surface area (Å²) in [6.45, 7) is -0.165. The Hall–Kier alpha value is -3.76. The van der Waals surface area contributed by atoms with E-state index in [1.165, 1.54) is 7.11 Å². The highest BCUT2D eigenvalue weighted by Crippen LogP contribution is 2.27. The number of nitrogens with one attached hydrogen (secondary N) is 1. The Morgan fingerprint density at radius 3 is 2.77 bits per heavy atom. The zero-order chi connectivity index (χ0) is 21.1. The Labute approximate surface area is 171 Å². The number of esters is 1. The number of carbonyl (C=O) groups excluding carboxylic acids is 2. The van der Waals surface area contributed by atoms with Crippen LogP contribution in [0.25, 0.3) is 16.9 Å². The molecule has 1 aliphatic rings. The summed E-state index contributed by atoms with van der Waals surface area (Å²) in [7, 11) is 1.30. The average Bonchev–Trinajstić information content (AvgIpc) is 3.39. The molecule has 2 aromatic heterocycles. The number of amides is 1. The first-order valence-electron chi connectivity index (χ1n) is 9.48. The second-order valence-corrected chi connectivity index (χ2v) is 7.02. The molecule has 11 heteroatoms. The van der Waals surface area contributed by atoms with Crippen molar-refractivity contribution in [3.63, 3.8) is 0 Å². The number of ether oxygens (including phenoxy) is 2. The Bertz CT molecular complexity index is 1070. The SMILES string of the molecule is COC(=O)COc1ccc(-n2nnc3cnc(N[C@@H]4CC[C@@H](C(N)=O)C4)nc32)cc1. The number of primary amides is 1. The molecular weight excluding hydrogens is 390 g/mol. The molecule has 0 spiro atoms. The molecule has 0 bridgehead atoms. The predicted octanol–water partition coefficient (Wildman–Crippen LogP) is 0.828. The molecule has 1 saturated carbocycles. The van der Waals surface area contributed by atoms with Gasteiger partial charge in [0.1, 0.15) is 5.75 Å². The Balaban J connectivity index is 1.50. The van der Waals surface area contributed by atoms with Gasteiger partial charge in [0.15, 0.2) is 17.8 Å². The van der Waals surface area contributed by atoms with Crippen molar-refractivity contribution < 1.29 is 19.1 Å². The maximum Gasteiger partial charge on any atom is 0.343 e. The summed E-state index contributed by atoms with van der Waals surface area (Å²) in [6, 6.07) is 7.09. The maximum atomic E-state index is 11.4. The van der Waals surface area contributed by atoms with Crippen molar-refractivity contribution in [1.29, 1.82) is 0 Å². The lowest BCUT2D eigenvalue weighted by Gasteiger charge is -2.12. The third kappa shape index (κ3) is 4.14. The van der Waals surface area contributed by atoms with Crippen LogP contribution < -0.4 is 15.8 Å². The van der Waals surface area contributed by atoms with E-state index in [9.17, 15) is 9.59 Å². The van der Waals surface area contributed by atoms with Crippen LogP contribution in [0.15, 0.2) is 30.5 Å². The van der Waals surface area contributed by atoms with Crippen molar-refractivity contribution >= 4 is 29.0 Å². The van der Waals surface area contributed by atoms with Crippen molar-refractivity contribution in [2.24, 2.45) is 11.7 Å². The highest BCUT2D eigenvalue weighted by molar-refractivity contribution is 5.77. The summed E-state index contributed by atoms with van der Waals surface area (Å²) in [5, 5.41) is 11.5. The van der Waals surface area contributed by atoms with E-state index < -0.39 is 5.97 Å². The number of nitrogens with two attached hydrogens (primary N) is 1. The molecule has 1 fully saturated rings. The molecule has 1 aliphatic carbocycles. The summed E-state index contributed by atoms with van der Waals surface area (Å²) in [5.74, 6) is 0.132. The van der Waals surface area contributed by atoms with Gasteiger partial charge in [0, 0.05) is 12.0 Å². The van der Waals surface area contributed by atoms with E-state index in [1.54, 1.807) is 35.1 Å². The Morgan fingerprint density at radius 2 is 2.07 bits per heavy atom. The molecule has 156 valence electrons. The van der Waals surface area contributed by atoms with E-state index in [0.29, 0.717) is 29.3 Å². The number of methoxy groups -OCH3 is 1. The zero-order valence-electron chi connectivity index (χ0n) is 16.3. The fourth-order valence-electron chi connectivity index (χ4n) is 3.41. The maximum absolute atomic E-state index is 11.4. The average molecular weight is 411 g/mol. The number of carbonyl (C=O) groups is 2. The number of fused-ring (bicyclic) bond motifs is 1. The van der Waals surface area contributed by atoms with Crippen LogP contribution in [-0.4, -0.2) is 56.6 Å². The molecule has 1 aromatic carbocycles. The second kappa shape index (κ2) is 8.31. The molecule has 4 rings (SSSR count). The lowest BCUT2D eigenvalue weighted by molar-refractivity contribution is -0.142. The number of benzene rings is 1. The number of nitrogens with zero attached hydrogens (tertiary/aromatic N) is 5. The van der Waals surface area contributed by atoms with Gasteiger partial charge in [-0.05, 0) is 43.5 Å². The van der Waals surface area contributed by atoms with Crippen molar-refractivity contribution in [3.8, 4) is 11.4 Å². The van der Waals surface area contributed by atoms with Gasteiger partial charge in [-0.2, -0.15) is 9.67 Å². The zero-order valence-corrected chi connectivity index (χ0v) is 16.3. The first-order chi connectivity index (χ1) is 14.5. The monoisotopic (exact) mass is 411 g/mol. The molecule has 2 atom stereocenters. The lowest BCUT2D eigenvalue weighted by Crippen LogP contribution is -2.23. The van der Waals surface area contributed by atoms with Gasteiger partial charge in [-0.3, -0.25) is 4.79 Å². The van der Waals surface area contributed by atoms with E-state index >= 15 is 0 Å². The number of hydrogen-bond acceptors (Lipinski definition) is 9. The summed E-state index contributed by atoms with van der Waals surface area (Å²) < 4.78 is 11.5. The molecule has 2 heterocycles. The highest BCUT2D eigenvalue weighted by atomic mass is 16.6. The third-order valence-corrected chi connectivity index (χ3v) is 5.03. The molecule has 0 saturated heterocycles. The minimum atomic E-state index is -0.456. The fourth-order valence-corrected chi connectivity index (χ4v) is 3.41. The molecule has 1 amide bonds. The van der Waals surface area contributed by atoms with Crippen LogP contribution >= 0.6 is 0 Å². The largest absolute Gasteiger partial charge is 0.482 e. The number of aromatic nitrogens is 5. The van der Waals surface area contributed by atoms with E-state index in [0.717, 1.165) is 18.5 Å². The normalized spacial score (nSPS) is 18.3. The Kier molecular flexibility index (Phi) is 5.42. The van der Waals surface area contributed by atoms with Crippen LogP contribution in [-0.2, 0) is 14.3 Å². The van der Waals surface area contributed by atoms with Gasteiger partial charge in [-0.1, -0.05) is 5.21 Å². The van der Waals surface area contributed by atoms with Crippen LogP contribution in [0.3, 0.4) is 0 Å². The summed E-state index contributed by atoms with van der Waals surface area (Å²) in [5.41, 5.74) is 7.22. The van der Waals surface area contributed by atoms with E-state index in [1.807, 2.05) is 0 Å². The molecule has 0 aliphatic heterocycles. The molecule has 30 heavy (non-hydrogen) atoms. The van der Waals surface area contributed by atoms with Gasteiger partial charge in [0.2, 0.25) is 11.9 Å². The predicted molar refractivity (Wildman–Crippen MR) is 106 cm³/mol. The number of hydrogen-bond donors (Lipinski definition) is 2. The van der Waals surface area contributed by atoms with Crippen molar-refractivity contribution in [2.45, 2.75) is 25.3 Å².